The van der Waals surface area contributed by atoms with E-state index in [-0.39, 0.29) is 29.9 Å². The molecule has 2 N–H and O–H groups in total. The Hall–Kier alpha value is -1.34. The van der Waals surface area contributed by atoms with Crippen LogP contribution in [0, 0.1) is 5.92 Å². The zero-order valence-electron chi connectivity index (χ0n) is 11.1. The van der Waals surface area contributed by atoms with Gasteiger partial charge in [0.15, 0.2) is 0 Å². The van der Waals surface area contributed by atoms with Gasteiger partial charge in [0, 0.05) is 32.2 Å². The van der Waals surface area contributed by atoms with Crippen LogP contribution in [0.2, 0.25) is 0 Å². The van der Waals surface area contributed by atoms with Crippen molar-refractivity contribution >= 4 is 11.9 Å². The Bertz CT molecular complexity index is 389. The van der Waals surface area contributed by atoms with Crippen molar-refractivity contribution in [2.45, 2.75) is 12.1 Å². The van der Waals surface area contributed by atoms with E-state index in [0.29, 0.717) is 39.4 Å². The summed E-state index contributed by atoms with van der Waals surface area (Å²) in [4.78, 5) is 27.7. The van der Waals surface area contributed by atoms with Crippen molar-refractivity contribution in [2.75, 3.05) is 46.4 Å². The van der Waals surface area contributed by atoms with Crippen molar-refractivity contribution < 1.29 is 14.3 Å². The fourth-order valence-electron chi connectivity index (χ4n) is 3.12. The SMILES string of the molecule is CNC1COCC1C(=O)N1CCN2C(=O)NCC2C1. The van der Waals surface area contributed by atoms with Crippen molar-refractivity contribution in [3.05, 3.63) is 0 Å². The van der Waals surface area contributed by atoms with E-state index >= 15 is 0 Å². The molecule has 3 aliphatic rings. The van der Waals surface area contributed by atoms with Gasteiger partial charge in [-0.3, -0.25) is 4.79 Å². The molecule has 0 aromatic heterocycles. The molecule has 0 bridgehead atoms. The van der Waals surface area contributed by atoms with Crippen LogP contribution >= 0.6 is 0 Å². The molecule has 3 unspecified atom stereocenters. The number of carbonyl (C=O) groups is 2. The maximum absolute atomic E-state index is 12.5. The van der Waals surface area contributed by atoms with Gasteiger partial charge in [0.1, 0.15) is 0 Å². The first-order chi connectivity index (χ1) is 9.20. The molecule has 0 aromatic rings. The molecule has 0 aliphatic carbocycles. The van der Waals surface area contributed by atoms with E-state index in [2.05, 4.69) is 10.6 Å². The maximum atomic E-state index is 12.5. The van der Waals surface area contributed by atoms with Crippen LogP contribution in [-0.4, -0.2) is 80.3 Å². The number of amides is 3. The minimum atomic E-state index is -0.0957. The van der Waals surface area contributed by atoms with Crippen LogP contribution in [0.5, 0.6) is 0 Å². The Kier molecular flexibility index (Phi) is 3.32. The molecule has 0 saturated carbocycles. The zero-order chi connectivity index (χ0) is 13.4. The predicted octanol–water partition coefficient (Wildman–Crippen LogP) is -1.54. The van der Waals surface area contributed by atoms with Gasteiger partial charge in [-0.25, -0.2) is 4.79 Å². The van der Waals surface area contributed by atoms with Gasteiger partial charge < -0.3 is 25.2 Å². The first-order valence-corrected chi connectivity index (χ1v) is 6.79. The maximum Gasteiger partial charge on any atom is 0.317 e. The third-order valence-corrected chi connectivity index (χ3v) is 4.31. The Balaban J connectivity index is 1.64. The molecule has 3 amide bonds. The number of nitrogens with one attached hydrogen (secondary N) is 2. The molecule has 3 rings (SSSR count). The van der Waals surface area contributed by atoms with Crippen LogP contribution in [0.25, 0.3) is 0 Å². The van der Waals surface area contributed by atoms with Gasteiger partial charge in [-0.15, -0.1) is 0 Å². The number of carbonyl (C=O) groups excluding carboxylic acids is 2. The van der Waals surface area contributed by atoms with Gasteiger partial charge in [-0.2, -0.15) is 0 Å². The lowest BCUT2D eigenvalue weighted by molar-refractivity contribution is -0.138. The molecule has 3 atom stereocenters. The van der Waals surface area contributed by atoms with Crippen molar-refractivity contribution in [1.29, 1.82) is 0 Å². The molecule has 0 radical (unpaired) electrons. The number of ether oxygens (including phenoxy) is 1. The monoisotopic (exact) mass is 268 g/mol. The fraction of sp³-hybridized carbons (Fsp3) is 0.833. The molecule has 3 fully saturated rings. The standard InChI is InChI=1S/C12H20N4O3/c1-13-10-7-19-6-9(10)11(17)15-2-3-16-8(5-15)4-14-12(16)18/h8-10,13H,2-7H2,1H3,(H,14,18). The van der Waals surface area contributed by atoms with Crippen LogP contribution < -0.4 is 10.6 Å². The van der Waals surface area contributed by atoms with Crippen LogP contribution in [0.15, 0.2) is 0 Å². The number of nitrogens with zero attached hydrogens (tertiary/aromatic N) is 2. The molecule has 19 heavy (non-hydrogen) atoms. The quantitative estimate of drug-likeness (QED) is 0.636. The Morgan fingerprint density at radius 3 is 3.05 bits per heavy atom. The number of hydrogen-bond acceptors (Lipinski definition) is 4. The Morgan fingerprint density at radius 2 is 2.26 bits per heavy atom. The minimum Gasteiger partial charge on any atom is -0.379 e. The average molecular weight is 268 g/mol. The fourth-order valence-corrected chi connectivity index (χ4v) is 3.12. The highest BCUT2D eigenvalue weighted by atomic mass is 16.5. The molecule has 106 valence electrons. The van der Waals surface area contributed by atoms with E-state index in [4.69, 9.17) is 4.74 Å². The smallest absolute Gasteiger partial charge is 0.317 e. The van der Waals surface area contributed by atoms with Crippen molar-refractivity contribution in [3.8, 4) is 0 Å². The van der Waals surface area contributed by atoms with Gasteiger partial charge in [0.25, 0.3) is 0 Å². The number of hydrogen-bond donors (Lipinski definition) is 2. The molecule has 3 heterocycles. The summed E-state index contributed by atoms with van der Waals surface area (Å²) in [6.07, 6.45) is 0. The average Bonchev–Trinajstić information content (AvgIpc) is 3.04. The van der Waals surface area contributed by atoms with E-state index in [9.17, 15) is 9.59 Å². The molecular formula is C12H20N4O3. The zero-order valence-corrected chi connectivity index (χ0v) is 11.1. The van der Waals surface area contributed by atoms with Gasteiger partial charge in [0.05, 0.1) is 25.2 Å². The molecular weight excluding hydrogens is 248 g/mol. The Morgan fingerprint density at radius 1 is 1.42 bits per heavy atom. The second kappa shape index (κ2) is 4.97. The van der Waals surface area contributed by atoms with Gasteiger partial charge in [-0.05, 0) is 7.05 Å². The largest absolute Gasteiger partial charge is 0.379 e. The van der Waals surface area contributed by atoms with Crippen LogP contribution in [0.1, 0.15) is 0 Å². The normalized spacial score (nSPS) is 34.4. The van der Waals surface area contributed by atoms with Crippen molar-refractivity contribution in [1.82, 2.24) is 20.4 Å². The second-order valence-electron chi connectivity index (χ2n) is 5.36. The van der Waals surface area contributed by atoms with Gasteiger partial charge in [-0.1, -0.05) is 0 Å². The van der Waals surface area contributed by atoms with Gasteiger partial charge in [0.2, 0.25) is 5.91 Å². The molecule has 0 aromatic carbocycles. The van der Waals surface area contributed by atoms with Crippen LogP contribution in [0.4, 0.5) is 4.79 Å². The third kappa shape index (κ3) is 2.17. The number of likely N-dealkylation sites (N-methyl/N-ethyl adjacent to an activating group) is 1. The summed E-state index contributed by atoms with van der Waals surface area (Å²) < 4.78 is 5.39. The molecule has 0 spiro atoms. The third-order valence-electron chi connectivity index (χ3n) is 4.31. The topological polar surface area (TPSA) is 73.9 Å². The highest BCUT2D eigenvalue weighted by Gasteiger charge is 2.41. The van der Waals surface area contributed by atoms with Crippen molar-refractivity contribution in [3.63, 3.8) is 0 Å². The predicted molar refractivity (Wildman–Crippen MR) is 67.6 cm³/mol. The first kappa shape index (κ1) is 12.7. The van der Waals surface area contributed by atoms with E-state index in [1.54, 1.807) is 0 Å². The minimum absolute atomic E-state index is 0.00519. The lowest BCUT2D eigenvalue weighted by atomic mass is 10.0. The number of urea groups is 1. The first-order valence-electron chi connectivity index (χ1n) is 6.79. The lowest BCUT2D eigenvalue weighted by Crippen LogP contribution is -2.56. The Labute approximate surface area is 112 Å². The number of piperazine rings is 1. The number of rotatable bonds is 2. The molecule has 3 aliphatic heterocycles. The molecule has 7 nitrogen and oxygen atoms in total. The van der Waals surface area contributed by atoms with Gasteiger partial charge >= 0.3 is 6.03 Å². The molecule has 3 saturated heterocycles. The summed E-state index contributed by atoms with van der Waals surface area (Å²) in [6, 6.07) is 0.226. The molecule has 7 heteroatoms. The second-order valence-corrected chi connectivity index (χ2v) is 5.36. The summed E-state index contributed by atoms with van der Waals surface area (Å²) in [6.45, 7) is 3.60. The highest BCUT2D eigenvalue weighted by Crippen LogP contribution is 2.20. The van der Waals surface area contributed by atoms with Crippen LogP contribution in [-0.2, 0) is 9.53 Å². The summed E-state index contributed by atoms with van der Waals surface area (Å²) >= 11 is 0. The van der Waals surface area contributed by atoms with Crippen molar-refractivity contribution in [2.24, 2.45) is 5.92 Å². The summed E-state index contributed by atoms with van der Waals surface area (Å²) in [5.41, 5.74) is 0. The summed E-state index contributed by atoms with van der Waals surface area (Å²) in [5, 5.41) is 5.96. The van der Waals surface area contributed by atoms with E-state index in [1.807, 2.05) is 16.8 Å². The number of fused-ring (bicyclic) bond motifs is 1. The summed E-state index contributed by atoms with van der Waals surface area (Å²) in [7, 11) is 1.86. The van der Waals surface area contributed by atoms with E-state index in [0.717, 1.165) is 0 Å². The highest BCUT2D eigenvalue weighted by molar-refractivity contribution is 5.81. The van der Waals surface area contributed by atoms with E-state index in [1.165, 1.54) is 0 Å². The summed E-state index contributed by atoms with van der Waals surface area (Å²) in [5.74, 6) is 0.0532. The van der Waals surface area contributed by atoms with E-state index < -0.39 is 0 Å². The van der Waals surface area contributed by atoms with Crippen LogP contribution in [0.3, 0.4) is 0 Å². The lowest BCUT2D eigenvalue weighted by Gasteiger charge is -2.38.